The maximum atomic E-state index is 6.10. The molecule has 0 aromatic rings. The molecule has 0 aromatic heterocycles. The minimum Gasteiger partial charge on any atom is -0.378 e. The first-order chi connectivity index (χ1) is 6.29. The third-order valence-electron chi connectivity index (χ3n) is 3.91. The van der Waals surface area contributed by atoms with Gasteiger partial charge in [0.2, 0.25) is 0 Å². The molecule has 76 valence electrons. The Labute approximate surface area is 80.8 Å². The molecule has 0 amide bonds. The third-order valence-corrected chi connectivity index (χ3v) is 3.91. The van der Waals surface area contributed by atoms with E-state index in [2.05, 4.69) is 6.92 Å². The van der Waals surface area contributed by atoms with Crippen molar-refractivity contribution in [3.8, 4) is 0 Å². The Morgan fingerprint density at radius 2 is 2.08 bits per heavy atom. The van der Waals surface area contributed by atoms with Crippen LogP contribution in [-0.2, 0) is 4.74 Å². The van der Waals surface area contributed by atoms with E-state index >= 15 is 0 Å². The minimum atomic E-state index is 0.398. The van der Waals surface area contributed by atoms with Gasteiger partial charge in [-0.3, -0.25) is 0 Å². The lowest BCUT2D eigenvalue weighted by Gasteiger charge is -2.52. The predicted octanol–water partition coefficient (Wildman–Crippen LogP) is 2.07. The average Bonchev–Trinajstić information content (AvgIpc) is 2.63. The van der Waals surface area contributed by atoms with Crippen LogP contribution in [-0.4, -0.2) is 18.8 Å². The van der Waals surface area contributed by atoms with Crippen LogP contribution in [0.5, 0.6) is 0 Å². The molecule has 2 atom stereocenters. The smallest absolute Gasteiger partial charge is 0.0661 e. The minimum absolute atomic E-state index is 0.398. The van der Waals surface area contributed by atoms with E-state index in [0.29, 0.717) is 17.6 Å². The Morgan fingerprint density at radius 3 is 2.62 bits per heavy atom. The molecule has 0 radical (unpaired) electrons. The first-order valence-electron chi connectivity index (χ1n) is 5.67. The topological polar surface area (TPSA) is 35.2 Å². The highest BCUT2D eigenvalue weighted by molar-refractivity contribution is 5.08. The molecule has 0 saturated heterocycles. The highest BCUT2D eigenvalue weighted by atomic mass is 16.5. The van der Waals surface area contributed by atoms with E-state index < -0.39 is 0 Å². The van der Waals surface area contributed by atoms with Gasteiger partial charge in [0.15, 0.2) is 0 Å². The molecule has 2 aliphatic carbocycles. The zero-order chi connectivity index (χ0) is 9.31. The summed E-state index contributed by atoms with van der Waals surface area (Å²) in [6, 6.07) is 0.428. The van der Waals surface area contributed by atoms with Crippen molar-refractivity contribution in [3.63, 3.8) is 0 Å². The molecular formula is C11H21NO. The second-order valence-electron chi connectivity index (χ2n) is 4.64. The number of hydrogen-bond acceptors (Lipinski definition) is 2. The first kappa shape index (κ1) is 9.47. The zero-order valence-corrected chi connectivity index (χ0v) is 8.59. The molecule has 0 heterocycles. The summed E-state index contributed by atoms with van der Waals surface area (Å²) in [5, 5.41) is 0. The van der Waals surface area contributed by atoms with Crippen molar-refractivity contribution in [2.45, 2.75) is 57.6 Å². The van der Waals surface area contributed by atoms with Gasteiger partial charge in [-0.05, 0) is 25.7 Å². The molecule has 2 aliphatic rings. The quantitative estimate of drug-likeness (QED) is 0.727. The molecule has 1 spiro atoms. The van der Waals surface area contributed by atoms with Crippen LogP contribution in [0, 0.1) is 5.41 Å². The molecule has 2 unspecified atom stereocenters. The second kappa shape index (κ2) is 3.58. The molecule has 13 heavy (non-hydrogen) atoms. The fourth-order valence-electron chi connectivity index (χ4n) is 3.00. The van der Waals surface area contributed by atoms with Crippen molar-refractivity contribution in [2.24, 2.45) is 11.1 Å². The molecule has 2 N–H and O–H groups in total. The van der Waals surface area contributed by atoms with Gasteiger partial charge in [0.1, 0.15) is 0 Å². The van der Waals surface area contributed by atoms with Gasteiger partial charge in [-0.15, -0.1) is 0 Å². The van der Waals surface area contributed by atoms with Crippen molar-refractivity contribution < 1.29 is 4.74 Å². The van der Waals surface area contributed by atoms with Gasteiger partial charge >= 0.3 is 0 Å². The van der Waals surface area contributed by atoms with Crippen LogP contribution in [0.3, 0.4) is 0 Å². The summed E-state index contributed by atoms with van der Waals surface area (Å²) in [4.78, 5) is 0. The Kier molecular flexibility index (Phi) is 2.61. The van der Waals surface area contributed by atoms with Gasteiger partial charge in [-0.25, -0.2) is 0 Å². The van der Waals surface area contributed by atoms with Crippen molar-refractivity contribution in [1.82, 2.24) is 0 Å². The highest BCUT2D eigenvalue weighted by Crippen LogP contribution is 2.53. The highest BCUT2D eigenvalue weighted by Gasteiger charge is 2.54. The Hall–Kier alpha value is -0.0800. The van der Waals surface area contributed by atoms with Crippen LogP contribution >= 0.6 is 0 Å². The normalized spacial score (nSPS) is 36.5. The number of ether oxygens (including phenoxy) is 1. The van der Waals surface area contributed by atoms with Crippen LogP contribution < -0.4 is 5.73 Å². The summed E-state index contributed by atoms with van der Waals surface area (Å²) >= 11 is 0. The number of nitrogens with two attached hydrogens (primary N) is 1. The summed E-state index contributed by atoms with van der Waals surface area (Å²) in [7, 11) is 0. The van der Waals surface area contributed by atoms with Crippen LogP contribution in [0.2, 0.25) is 0 Å². The fraction of sp³-hybridized carbons (Fsp3) is 1.00. The van der Waals surface area contributed by atoms with E-state index in [4.69, 9.17) is 10.5 Å². The predicted molar refractivity (Wildman–Crippen MR) is 53.5 cm³/mol. The molecule has 0 bridgehead atoms. The maximum absolute atomic E-state index is 6.10. The van der Waals surface area contributed by atoms with Crippen LogP contribution in [0.4, 0.5) is 0 Å². The van der Waals surface area contributed by atoms with Crippen molar-refractivity contribution in [1.29, 1.82) is 0 Å². The van der Waals surface area contributed by atoms with Gasteiger partial charge in [0.05, 0.1) is 6.10 Å². The monoisotopic (exact) mass is 183 g/mol. The van der Waals surface area contributed by atoms with Crippen LogP contribution in [0.15, 0.2) is 0 Å². The summed E-state index contributed by atoms with van der Waals surface area (Å²) < 4.78 is 5.86. The Balaban J connectivity index is 1.91. The standard InChI is InChI=1S/C11H21NO/c1-2-7-13-10-8-9(12)11(10)5-3-4-6-11/h9-10H,2-8,12H2,1H3. The molecule has 0 aromatic carbocycles. The third kappa shape index (κ3) is 1.40. The second-order valence-corrected chi connectivity index (χ2v) is 4.64. The maximum Gasteiger partial charge on any atom is 0.0661 e. The SMILES string of the molecule is CCCOC1CC(N)C12CCCC2. The molecule has 2 heteroatoms. The van der Waals surface area contributed by atoms with Crippen molar-refractivity contribution >= 4 is 0 Å². The molecule has 2 fully saturated rings. The fourth-order valence-corrected chi connectivity index (χ4v) is 3.00. The van der Waals surface area contributed by atoms with Crippen molar-refractivity contribution in [2.75, 3.05) is 6.61 Å². The van der Waals surface area contributed by atoms with E-state index in [-0.39, 0.29) is 0 Å². The summed E-state index contributed by atoms with van der Waals surface area (Å²) in [5.74, 6) is 0. The zero-order valence-electron chi connectivity index (χ0n) is 8.59. The lowest BCUT2D eigenvalue weighted by atomic mass is 9.61. The van der Waals surface area contributed by atoms with E-state index in [1.54, 1.807) is 0 Å². The van der Waals surface area contributed by atoms with E-state index in [1.165, 1.54) is 25.7 Å². The number of rotatable bonds is 3. The molecule has 2 rings (SSSR count). The van der Waals surface area contributed by atoms with Gasteiger partial charge < -0.3 is 10.5 Å². The first-order valence-corrected chi connectivity index (χ1v) is 5.67. The molecule has 0 aliphatic heterocycles. The lowest BCUT2D eigenvalue weighted by molar-refractivity contribution is -0.123. The number of hydrogen-bond donors (Lipinski definition) is 1. The van der Waals surface area contributed by atoms with E-state index in [9.17, 15) is 0 Å². The largest absolute Gasteiger partial charge is 0.378 e. The lowest BCUT2D eigenvalue weighted by Crippen LogP contribution is -2.60. The van der Waals surface area contributed by atoms with Gasteiger partial charge in [-0.1, -0.05) is 19.8 Å². The van der Waals surface area contributed by atoms with Gasteiger partial charge in [-0.2, -0.15) is 0 Å². The summed E-state index contributed by atoms with van der Waals surface area (Å²) in [6.45, 7) is 3.08. The van der Waals surface area contributed by atoms with Crippen LogP contribution in [0.25, 0.3) is 0 Å². The van der Waals surface area contributed by atoms with Crippen molar-refractivity contribution in [3.05, 3.63) is 0 Å². The Morgan fingerprint density at radius 1 is 1.38 bits per heavy atom. The molecular weight excluding hydrogens is 162 g/mol. The van der Waals surface area contributed by atoms with Gasteiger partial charge in [0, 0.05) is 18.1 Å². The van der Waals surface area contributed by atoms with E-state index in [0.717, 1.165) is 19.4 Å². The molecule has 2 nitrogen and oxygen atoms in total. The van der Waals surface area contributed by atoms with E-state index in [1.807, 2.05) is 0 Å². The van der Waals surface area contributed by atoms with Crippen LogP contribution in [0.1, 0.15) is 45.4 Å². The average molecular weight is 183 g/mol. The Bertz CT molecular complexity index is 175. The molecule has 2 saturated carbocycles. The van der Waals surface area contributed by atoms with Gasteiger partial charge in [0.25, 0.3) is 0 Å². The summed E-state index contributed by atoms with van der Waals surface area (Å²) in [6.07, 6.45) is 8.05. The summed E-state index contributed by atoms with van der Waals surface area (Å²) in [5.41, 5.74) is 6.50.